The van der Waals surface area contributed by atoms with Crippen LogP contribution in [0.25, 0.3) is 5.95 Å². The summed E-state index contributed by atoms with van der Waals surface area (Å²) in [4.78, 5) is 7.78. The molecule has 132 valence electrons. The van der Waals surface area contributed by atoms with Crippen molar-refractivity contribution in [2.45, 2.75) is 0 Å². The summed E-state index contributed by atoms with van der Waals surface area (Å²) in [7, 11) is 3.61. The minimum absolute atomic E-state index is 0.470. The van der Waals surface area contributed by atoms with E-state index >= 15 is 0 Å². The molecule has 4 rings (SSSR count). The summed E-state index contributed by atoms with van der Waals surface area (Å²) >= 11 is 3.15. The van der Waals surface area contributed by atoms with Gasteiger partial charge in [0.2, 0.25) is 5.95 Å². The Hall–Kier alpha value is -3.22. The molecule has 0 bridgehead atoms. The van der Waals surface area contributed by atoms with Gasteiger partial charge >= 0.3 is 0 Å². The van der Waals surface area contributed by atoms with Crippen LogP contribution in [0.4, 0.5) is 11.6 Å². The minimum atomic E-state index is 0.470. The molecule has 0 unspecified atom stereocenters. The fraction of sp³-hybridized carbons (Fsp3) is 0.167. The fourth-order valence-corrected chi connectivity index (χ4v) is 1.68. The van der Waals surface area contributed by atoms with E-state index in [4.69, 9.17) is 11.5 Å². The number of hydrogen-bond donors (Lipinski definition) is 3. The van der Waals surface area contributed by atoms with Crippen molar-refractivity contribution in [1.29, 1.82) is 0 Å². The molecule has 0 spiro atoms. The molecule has 4 aromatic heterocycles. The van der Waals surface area contributed by atoms with Crippen LogP contribution in [-0.2, 0) is 14.1 Å². The maximum absolute atomic E-state index is 5.45. The number of aromatic amines is 1. The highest BCUT2D eigenvalue weighted by Gasteiger charge is 2.03. The highest BCUT2D eigenvalue weighted by Crippen LogP contribution is 2.02. The minimum Gasteiger partial charge on any atom is -0.384 e. The zero-order valence-corrected chi connectivity index (χ0v) is 15.1. The van der Waals surface area contributed by atoms with E-state index in [1.165, 1.54) is 12.7 Å². The van der Waals surface area contributed by atoms with Gasteiger partial charge in [-0.25, -0.2) is 19.0 Å². The molecule has 4 aromatic rings. The zero-order valence-electron chi connectivity index (χ0n) is 13.5. The van der Waals surface area contributed by atoms with E-state index in [0.717, 1.165) is 4.73 Å². The largest absolute Gasteiger partial charge is 0.384 e. The lowest BCUT2D eigenvalue weighted by atomic mass is 10.7. The molecule has 0 amide bonds. The standard InChI is InChI=1S/C6H8N6.C3H4BrN3.C3H5N3/c1-11-6(8-4-9-11)12-3-2-5(7)10-12;1-7-3(4)5-2-6-7;4-3-1-2-5-6-3/h2-4H,1H3,(H2,7,10);2H,1H3;1-2H,(H3,4,5,6). The van der Waals surface area contributed by atoms with E-state index in [1.807, 2.05) is 7.05 Å². The van der Waals surface area contributed by atoms with Crippen LogP contribution in [0.1, 0.15) is 0 Å². The van der Waals surface area contributed by atoms with Crippen LogP contribution < -0.4 is 11.5 Å². The van der Waals surface area contributed by atoms with Gasteiger partial charge in [0, 0.05) is 26.4 Å². The third-order valence-corrected chi connectivity index (χ3v) is 3.40. The second kappa shape index (κ2) is 8.58. The van der Waals surface area contributed by atoms with Crippen LogP contribution in [0.2, 0.25) is 0 Å². The van der Waals surface area contributed by atoms with Crippen molar-refractivity contribution in [3.63, 3.8) is 0 Å². The Balaban J connectivity index is 0.000000148. The Morgan fingerprint density at radius 3 is 2.08 bits per heavy atom. The van der Waals surface area contributed by atoms with Gasteiger partial charge in [0.25, 0.3) is 0 Å². The number of nitrogens with two attached hydrogens (primary N) is 2. The predicted molar refractivity (Wildman–Crippen MR) is 94.2 cm³/mol. The summed E-state index contributed by atoms with van der Waals surface area (Å²) in [6.07, 6.45) is 6.30. The van der Waals surface area contributed by atoms with E-state index < -0.39 is 0 Å². The molecule has 0 atom stereocenters. The van der Waals surface area contributed by atoms with E-state index in [1.54, 1.807) is 45.6 Å². The molecule has 4 heterocycles. The summed E-state index contributed by atoms with van der Waals surface area (Å²) < 4.78 is 5.59. The molecular formula is C12H17BrN12. The average molecular weight is 409 g/mol. The molecule has 12 nitrogen and oxygen atoms in total. The second-order valence-electron chi connectivity index (χ2n) is 4.53. The maximum Gasteiger partial charge on any atom is 0.248 e. The van der Waals surface area contributed by atoms with Gasteiger partial charge in [0.05, 0.1) is 6.20 Å². The first-order valence-corrected chi connectivity index (χ1v) is 7.66. The van der Waals surface area contributed by atoms with Crippen LogP contribution in [0.15, 0.2) is 41.9 Å². The highest BCUT2D eigenvalue weighted by atomic mass is 79.9. The maximum atomic E-state index is 5.45. The normalized spacial score (nSPS) is 9.72. The number of aryl methyl sites for hydroxylation is 2. The number of hydrogen-bond acceptors (Lipinski definition) is 8. The molecule has 0 fully saturated rings. The van der Waals surface area contributed by atoms with Gasteiger partial charge in [-0.2, -0.15) is 20.3 Å². The Morgan fingerprint density at radius 1 is 1.04 bits per heavy atom. The summed E-state index contributed by atoms with van der Waals surface area (Å²) in [6, 6.07) is 3.40. The van der Waals surface area contributed by atoms with Gasteiger partial charge in [0.1, 0.15) is 24.3 Å². The molecule has 0 radical (unpaired) electrons. The van der Waals surface area contributed by atoms with Crippen molar-refractivity contribution in [2.24, 2.45) is 14.1 Å². The lowest BCUT2D eigenvalue weighted by Gasteiger charge is -1.97. The summed E-state index contributed by atoms with van der Waals surface area (Å²) in [5.41, 5.74) is 10.6. The van der Waals surface area contributed by atoms with E-state index in [2.05, 4.69) is 51.4 Å². The molecule has 25 heavy (non-hydrogen) atoms. The number of halogens is 1. The Bertz CT molecular complexity index is 857. The van der Waals surface area contributed by atoms with Gasteiger partial charge in [-0.1, -0.05) is 0 Å². The van der Waals surface area contributed by atoms with Crippen LogP contribution in [0, 0.1) is 0 Å². The molecule has 0 aromatic carbocycles. The predicted octanol–water partition coefficient (Wildman–Crippen LogP) is 0.152. The number of nitrogens with zero attached hydrogens (tertiary/aromatic N) is 9. The zero-order chi connectivity index (χ0) is 18.2. The molecule has 0 aliphatic carbocycles. The van der Waals surface area contributed by atoms with Crippen molar-refractivity contribution in [2.75, 3.05) is 11.5 Å². The topological polar surface area (TPSA) is 160 Å². The van der Waals surface area contributed by atoms with Gasteiger partial charge in [0.15, 0.2) is 4.73 Å². The van der Waals surface area contributed by atoms with Crippen molar-refractivity contribution in [3.8, 4) is 5.95 Å². The Morgan fingerprint density at radius 2 is 1.76 bits per heavy atom. The summed E-state index contributed by atoms with van der Waals surface area (Å²) in [5.74, 6) is 1.72. The lowest BCUT2D eigenvalue weighted by molar-refractivity contribution is 0.690. The Kier molecular flexibility index (Phi) is 6.22. The number of aromatic nitrogens is 10. The third-order valence-electron chi connectivity index (χ3n) is 2.68. The number of rotatable bonds is 1. The smallest absolute Gasteiger partial charge is 0.248 e. The quantitative estimate of drug-likeness (QED) is 0.401. The SMILES string of the molecule is Cn1ncnc1-n1ccc(N)n1.Cn1ncnc1Br.Nc1ccn[nH]1. The number of nitrogen functional groups attached to an aromatic ring is 2. The molecule has 0 aliphatic heterocycles. The van der Waals surface area contributed by atoms with Crippen molar-refractivity contribution < 1.29 is 0 Å². The monoisotopic (exact) mass is 408 g/mol. The first kappa shape index (κ1) is 18.1. The van der Waals surface area contributed by atoms with Gasteiger partial charge in [-0.15, -0.1) is 5.10 Å². The molecule has 0 saturated carbocycles. The van der Waals surface area contributed by atoms with Crippen LogP contribution in [0.3, 0.4) is 0 Å². The average Bonchev–Trinajstić information content (AvgIpc) is 3.35. The molecule has 0 aliphatic rings. The van der Waals surface area contributed by atoms with E-state index in [9.17, 15) is 0 Å². The molecule has 13 heteroatoms. The fourth-order valence-electron chi connectivity index (χ4n) is 1.50. The van der Waals surface area contributed by atoms with Crippen molar-refractivity contribution in [1.82, 2.24) is 49.5 Å². The molecular weight excluding hydrogens is 392 g/mol. The Labute approximate surface area is 151 Å². The third kappa shape index (κ3) is 5.42. The summed E-state index contributed by atoms with van der Waals surface area (Å²) in [5, 5.41) is 17.8. The van der Waals surface area contributed by atoms with Gasteiger partial charge < -0.3 is 11.5 Å². The van der Waals surface area contributed by atoms with Crippen LogP contribution in [-0.4, -0.2) is 49.5 Å². The van der Waals surface area contributed by atoms with Crippen LogP contribution in [0.5, 0.6) is 0 Å². The van der Waals surface area contributed by atoms with E-state index in [-0.39, 0.29) is 0 Å². The highest BCUT2D eigenvalue weighted by molar-refractivity contribution is 9.10. The van der Waals surface area contributed by atoms with Gasteiger partial charge in [-0.3, -0.25) is 5.10 Å². The van der Waals surface area contributed by atoms with Crippen molar-refractivity contribution in [3.05, 3.63) is 41.9 Å². The number of anilines is 2. The van der Waals surface area contributed by atoms with Gasteiger partial charge in [-0.05, 0) is 22.0 Å². The molecule has 5 N–H and O–H groups in total. The van der Waals surface area contributed by atoms with E-state index in [0.29, 0.717) is 17.6 Å². The van der Waals surface area contributed by atoms with Crippen LogP contribution >= 0.6 is 15.9 Å². The second-order valence-corrected chi connectivity index (χ2v) is 5.24. The first-order valence-electron chi connectivity index (χ1n) is 6.87. The lowest BCUT2D eigenvalue weighted by Crippen LogP contribution is -2.05. The summed E-state index contributed by atoms with van der Waals surface area (Å²) in [6.45, 7) is 0. The number of nitrogens with one attached hydrogen (secondary N) is 1. The number of H-pyrrole nitrogens is 1. The molecule has 0 saturated heterocycles. The van der Waals surface area contributed by atoms with Crippen molar-refractivity contribution >= 4 is 27.6 Å². The first-order chi connectivity index (χ1) is 12.0.